The van der Waals surface area contributed by atoms with Crippen LogP contribution in [0.25, 0.3) is 0 Å². The number of ketones is 1. The molecule has 1 rings (SSSR count). The molecule has 0 aromatic heterocycles. The maximum absolute atomic E-state index is 12.9. The highest BCUT2D eigenvalue weighted by Gasteiger charge is 2.39. The molecule has 1 aromatic carbocycles. The van der Waals surface area contributed by atoms with E-state index in [1.165, 1.54) is 34.6 Å². The molecule has 11 nitrogen and oxygen atoms in total. The van der Waals surface area contributed by atoms with Crippen LogP contribution in [0.5, 0.6) is 0 Å². The van der Waals surface area contributed by atoms with E-state index in [9.17, 15) is 24.0 Å². The fraction of sp³-hybridized carbons (Fsp3) is 0.577. The smallest absolute Gasteiger partial charge is 0.465 e. The van der Waals surface area contributed by atoms with E-state index in [4.69, 9.17) is 23.7 Å². The molecule has 1 aromatic rings. The predicted molar refractivity (Wildman–Crippen MR) is 131 cm³/mol. The minimum Gasteiger partial charge on any atom is -0.465 e. The van der Waals surface area contributed by atoms with Crippen LogP contribution in [0.3, 0.4) is 0 Å². The summed E-state index contributed by atoms with van der Waals surface area (Å²) in [6.07, 6.45) is -3.61. The van der Waals surface area contributed by atoms with Crippen molar-refractivity contribution in [3.05, 3.63) is 35.4 Å². The summed E-state index contributed by atoms with van der Waals surface area (Å²) in [5.41, 5.74) is 0.338. The van der Waals surface area contributed by atoms with Crippen LogP contribution in [0.4, 0.5) is 4.79 Å². The maximum atomic E-state index is 12.9. The fourth-order valence-corrected chi connectivity index (χ4v) is 2.83. The molecule has 0 saturated carbocycles. The third-order valence-corrected chi connectivity index (χ3v) is 5.12. The van der Waals surface area contributed by atoms with Gasteiger partial charge >= 0.3 is 24.1 Å². The van der Waals surface area contributed by atoms with E-state index in [1.54, 1.807) is 0 Å². The number of rotatable bonds is 13. The number of carbonyl (C=O) groups is 5. The van der Waals surface area contributed by atoms with E-state index in [0.29, 0.717) is 0 Å². The number of quaternary nitrogens is 1. The van der Waals surface area contributed by atoms with Gasteiger partial charge in [0, 0.05) is 12.5 Å². The molecule has 0 aliphatic heterocycles. The average molecular weight is 525 g/mol. The highest BCUT2D eigenvalue weighted by atomic mass is 16.7. The van der Waals surface area contributed by atoms with Gasteiger partial charge in [0.25, 0.3) is 0 Å². The molecule has 0 spiro atoms. The molecule has 0 amide bonds. The van der Waals surface area contributed by atoms with Crippen molar-refractivity contribution in [3.63, 3.8) is 0 Å². The van der Waals surface area contributed by atoms with Crippen LogP contribution in [-0.4, -0.2) is 80.9 Å². The van der Waals surface area contributed by atoms with Gasteiger partial charge in [-0.3, -0.25) is 14.4 Å². The van der Waals surface area contributed by atoms with Crippen LogP contribution in [0, 0.1) is 5.41 Å². The van der Waals surface area contributed by atoms with Gasteiger partial charge in [0.2, 0.25) is 0 Å². The van der Waals surface area contributed by atoms with Gasteiger partial charge in [-0.1, -0.05) is 24.3 Å². The van der Waals surface area contributed by atoms with E-state index in [1.807, 2.05) is 24.3 Å². The molecule has 0 fully saturated rings. The number of hydrogen-bond acceptors (Lipinski definition) is 10. The SMILES string of the molecule is CC(=O)OCC(C)(COC(=O)O[C@H](C)C(=O)O[C@H](C)C(C)=O)C(=O)OCc1ccc(C[N+](C)(C)C)cc1. The van der Waals surface area contributed by atoms with Crippen LogP contribution >= 0.6 is 0 Å². The van der Waals surface area contributed by atoms with Crippen LogP contribution in [0.2, 0.25) is 0 Å². The van der Waals surface area contributed by atoms with Gasteiger partial charge in [-0.15, -0.1) is 0 Å². The van der Waals surface area contributed by atoms with Gasteiger partial charge in [0.05, 0.1) is 21.1 Å². The van der Waals surface area contributed by atoms with Crippen LogP contribution in [0.15, 0.2) is 24.3 Å². The Morgan fingerprint density at radius 1 is 0.811 bits per heavy atom. The van der Waals surface area contributed by atoms with Gasteiger partial charge in [-0.2, -0.15) is 0 Å². The van der Waals surface area contributed by atoms with Crippen molar-refractivity contribution < 1.29 is 52.1 Å². The van der Waals surface area contributed by atoms with Crippen molar-refractivity contribution in [3.8, 4) is 0 Å². The molecule has 0 aliphatic rings. The lowest BCUT2D eigenvalue weighted by Crippen LogP contribution is -2.40. The first-order valence-electron chi connectivity index (χ1n) is 11.8. The lowest BCUT2D eigenvalue weighted by molar-refractivity contribution is -0.884. The van der Waals surface area contributed by atoms with E-state index in [2.05, 4.69) is 21.1 Å². The van der Waals surface area contributed by atoms with Crippen LogP contribution in [-0.2, 0) is 56.0 Å². The molecule has 0 N–H and O–H groups in total. The molecule has 1 unspecified atom stereocenters. The van der Waals surface area contributed by atoms with Gasteiger partial charge < -0.3 is 28.2 Å². The lowest BCUT2D eigenvalue weighted by Gasteiger charge is -2.26. The molecular formula is C26H38NO10+. The second kappa shape index (κ2) is 13.7. The van der Waals surface area contributed by atoms with E-state index < -0.39 is 54.9 Å². The zero-order valence-electron chi connectivity index (χ0n) is 22.8. The summed E-state index contributed by atoms with van der Waals surface area (Å²) in [5.74, 6) is -2.71. The summed E-state index contributed by atoms with van der Waals surface area (Å²) < 4.78 is 25.9. The van der Waals surface area contributed by atoms with Crippen molar-refractivity contribution >= 4 is 29.8 Å². The molecule has 11 heteroatoms. The minimum atomic E-state index is -1.54. The molecule has 37 heavy (non-hydrogen) atoms. The van der Waals surface area contributed by atoms with Gasteiger partial charge in [-0.25, -0.2) is 9.59 Å². The van der Waals surface area contributed by atoms with Crippen LogP contribution < -0.4 is 0 Å². The topological polar surface area (TPSA) is 132 Å². The Bertz CT molecular complexity index is 967. The normalized spacial score (nSPS) is 14.4. The molecule has 206 valence electrons. The Labute approximate surface area is 217 Å². The number of ether oxygens (including phenoxy) is 5. The zero-order chi connectivity index (χ0) is 28.4. The molecule has 0 saturated heterocycles. The second-order valence-corrected chi connectivity index (χ2v) is 10.2. The van der Waals surface area contributed by atoms with Crippen molar-refractivity contribution in [2.24, 2.45) is 5.41 Å². The lowest BCUT2D eigenvalue weighted by atomic mass is 9.93. The first-order chi connectivity index (χ1) is 17.0. The summed E-state index contributed by atoms with van der Waals surface area (Å²) in [5, 5.41) is 0. The Hall–Kier alpha value is -3.47. The summed E-state index contributed by atoms with van der Waals surface area (Å²) in [7, 11) is 6.25. The van der Waals surface area contributed by atoms with E-state index >= 15 is 0 Å². The number of Topliss-reactive ketones (excluding diaryl/α,β-unsaturated/α-hetero) is 1. The molecule has 0 bridgehead atoms. The number of carbonyl (C=O) groups excluding carboxylic acids is 5. The quantitative estimate of drug-likeness (QED) is 0.215. The Morgan fingerprint density at radius 2 is 1.35 bits per heavy atom. The minimum absolute atomic E-state index is 0.0409. The third-order valence-electron chi connectivity index (χ3n) is 5.12. The predicted octanol–water partition coefficient (Wildman–Crippen LogP) is 2.57. The molecule has 3 atom stereocenters. The third kappa shape index (κ3) is 11.9. The van der Waals surface area contributed by atoms with Crippen molar-refractivity contribution in [2.45, 2.75) is 60.0 Å². The van der Waals surface area contributed by atoms with Crippen molar-refractivity contribution in [1.29, 1.82) is 0 Å². The van der Waals surface area contributed by atoms with Crippen LogP contribution in [0.1, 0.15) is 45.7 Å². The second-order valence-electron chi connectivity index (χ2n) is 10.2. The van der Waals surface area contributed by atoms with E-state index in [-0.39, 0.29) is 12.4 Å². The molecular weight excluding hydrogens is 486 g/mol. The highest BCUT2D eigenvalue weighted by Crippen LogP contribution is 2.22. The van der Waals surface area contributed by atoms with E-state index in [0.717, 1.165) is 22.2 Å². The number of benzene rings is 1. The van der Waals surface area contributed by atoms with Gasteiger partial charge in [0.15, 0.2) is 18.0 Å². The number of hydrogen-bond donors (Lipinski definition) is 0. The molecule has 0 aliphatic carbocycles. The van der Waals surface area contributed by atoms with Gasteiger partial charge in [-0.05, 0) is 33.3 Å². The Kier molecular flexibility index (Phi) is 11.7. The zero-order valence-corrected chi connectivity index (χ0v) is 22.8. The highest BCUT2D eigenvalue weighted by molar-refractivity contribution is 5.84. The van der Waals surface area contributed by atoms with Gasteiger partial charge in [0.1, 0.15) is 31.8 Å². The fourth-order valence-electron chi connectivity index (χ4n) is 2.83. The number of esters is 3. The molecule has 0 heterocycles. The monoisotopic (exact) mass is 524 g/mol. The summed E-state index contributed by atoms with van der Waals surface area (Å²) in [6.45, 7) is 6.29. The number of nitrogens with zero attached hydrogens (tertiary/aromatic N) is 1. The van der Waals surface area contributed by atoms with Crippen molar-refractivity contribution in [2.75, 3.05) is 34.4 Å². The Morgan fingerprint density at radius 3 is 1.86 bits per heavy atom. The maximum Gasteiger partial charge on any atom is 0.509 e. The first-order valence-corrected chi connectivity index (χ1v) is 11.8. The summed E-state index contributed by atoms with van der Waals surface area (Å²) in [6, 6.07) is 7.60. The average Bonchev–Trinajstić information content (AvgIpc) is 2.79. The first kappa shape index (κ1) is 31.6. The van der Waals surface area contributed by atoms with Crippen molar-refractivity contribution in [1.82, 2.24) is 0 Å². The Balaban J connectivity index is 2.75. The summed E-state index contributed by atoms with van der Waals surface area (Å²) in [4.78, 5) is 59.5. The standard InChI is InChI=1S/C26H38NO10/c1-17(28)18(2)36-23(30)19(3)37-25(32)35-16-26(5,15-34-20(4)29)24(31)33-14-22-11-9-21(10-12-22)13-27(6,7)8/h9-12,18-19H,13-16H2,1-8H3/q+1/t18-,19-,26?/m1/s1. The largest absolute Gasteiger partial charge is 0.509 e. The summed E-state index contributed by atoms with van der Waals surface area (Å²) >= 11 is 0. The molecule has 0 radical (unpaired) electrons.